The fourth-order valence-electron chi connectivity index (χ4n) is 3.14. The number of carbonyl (C=O) groups is 1. The van der Waals surface area contributed by atoms with Gasteiger partial charge in [-0.3, -0.25) is 9.59 Å². The van der Waals surface area contributed by atoms with Gasteiger partial charge in [0.1, 0.15) is 0 Å². The Kier molecular flexibility index (Phi) is 6.82. The summed E-state index contributed by atoms with van der Waals surface area (Å²) in [5.41, 5.74) is 0.804. The van der Waals surface area contributed by atoms with Crippen molar-refractivity contribution < 1.29 is 4.79 Å². The average molecular weight is 334 g/mol. The monoisotopic (exact) mass is 334 g/mol. The molecule has 1 amide bonds. The van der Waals surface area contributed by atoms with Gasteiger partial charge in [0.15, 0.2) is 0 Å². The first-order chi connectivity index (χ1) is 11.5. The molecule has 0 spiro atoms. The van der Waals surface area contributed by atoms with E-state index < -0.39 is 0 Å². The predicted octanol–water partition coefficient (Wildman–Crippen LogP) is 2.03. The third kappa shape index (κ3) is 5.35. The van der Waals surface area contributed by atoms with Crippen LogP contribution >= 0.6 is 0 Å². The van der Waals surface area contributed by atoms with E-state index in [0.717, 1.165) is 44.6 Å². The molecule has 1 fully saturated rings. The van der Waals surface area contributed by atoms with Crippen molar-refractivity contribution in [3.63, 3.8) is 0 Å². The van der Waals surface area contributed by atoms with E-state index in [2.05, 4.69) is 29.2 Å². The maximum Gasteiger partial charge on any atom is 0.268 e. The van der Waals surface area contributed by atoms with E-state index in [1.807, 2.05) is 6.92 Å². The van der Waals surface area contributed by atoms with E-state index in [0.29, 0.717) is 24.8 Å². The van der Waals surface area contributed by atoms with Crippen molar-refractivity contribution in [2.24, 2.45) is 11.8 Å². The van der Waals surface area contributed by atoms with E-state index >= 15 is 0 Å². The molecular formula is C18H30N4O2. The molecule has 2 rings (SSSR count). The normalized spacial score (nSPS) is 18.0. The van der Waals surface area contributed by atoms with Gasteiger partial charge < -0.3 is 10.2 Å². The summed E-state index contributed by atoms with van der Waals surface area (Å²) in [6.45, 7) is 9.29. The van der Waals surface area contributed by atoms with Gasteiger partial charge in [-0.15, -0.1) is 0 Å². The van der Waals surface area contributed by atoms with Gasteiger partial charge in [-0.05, 0) is 38.0 Å². The maximum absolute atomic E-state index is 12.1. The highest BCUT2D eigenvalue weighted by Crippen LogP contribution is 2.23. The van der Waals surface area contributed by atoms with Gasteiger partial charge in [0.05, 0.1) is 11.9 Å². The van der Waals surface area contributed by atoms with E-state index in [1.54, 1.807) is 12.3 Å². The predicted molar refractivity (Wildman–Crippen MR) is 96.2 cm³/mol. The van der Waals surface area contributed by atoms with E-state index in [-0.39, 0.29) is 11.5 Å². The van der Waals surface area contributed by atoms with Crippen LogP contribution in [0.15, 0.2) is 17.1 Å². The Morgan fingerprint density at radius 2 is 2.25 bits per heavy atom. The van der Waals surface area contributed by atoms with Crippen LogP contribution in [0.3, 0.4) is 0 Å². The third-order valence-corrected chi connectivity index (χ3v) is 4.56. The van der Waals surface area contributed by atoms with Crippen molar-refractivity contribution in [3.05, 3.63) is 22.6 Å². The molecule has 2 heterocycles. The van der Waals surface area contributed by atoms with E-state index in [1.165, 1.54) is 4.68 Å². The van der Waals surface area contributed by atoms with Crippen molar-refractivity contribution in [1.82, 2.24) is 15.1 Å². The number of rotatable bonds is 7. The smallest absolute Gasteiger partial charge is 0.268 e. The van der Waals surface area contributed by atoms with Crippen LogP contribution in [0.4, 0.5) is 5.69 Å². The topological polar surface area (TPSA) is 67.2 Å². The first-order valence-electron chi connectivity index (χ1n) is 9.08. The summed E-state index contributed by atoms with van der Waals surface area (Å²) in [6, 6.07) is 1.65. The van der Waals surface area contributed by atoms with Gasteiger partial charge in [-0.1, -0.05) is 13.8 Å². The number of hydrogen-bond acceptors (Lipinski definition) is 4. The number of aromatic nitrogens is 2. The lowest BCUT2D eigenvalue weighted by atomic mass is 9.94. The molecule has 0 radical (unpaired) electrons. The summed E-state index contributed by atoms with van der Waals surface area (Å²) in [6.07, 6.45) is 5.44. The molecular weight excluding hydrogens is 304 g/mol. The van der Waals surface area contributed by atoms with Crippen molar-refractivity contribution in [2.75, 3.05) is 24.5 Å². The molecule has 1 saturated heterocycles. The van der Waals surface area contributed by atoms with Gasteiger partial charge in [-0.2, -0.15) is 5.10 Å². The molecule has 0 aromatic carbocycles. The minimum Gasteiger partial charge on any atom is -0.370 e. The summed E-state index contributed by atoms with van der Waals surface area (Å²) in [5.74, 6) is 1.08. The van der Waals surface area contributed by atoms with Crippen LogP contribution in [0.1, 0.15) is 46.5 Å². The van der Waals surface area contributed by atoms with Crippen LogP contribution in [-0.4, -0.2) is 35.3 Å². The zero-order valence-corrected chi connectivity index (χ0v) is 15.1. The minimum absolute atomic E-state index is 0.0662. The van der Waals surface area contributed by atoms with Gasteiger partial charge >= 0.3 is 0 Å². The number of amides is 1. The first kappa shape index (κ1) is 18.5. The quantitative estimate of drug-likeness (QED) is 0.828. The molecule has 6 nitrogen and oxygen atoms in total. The summed E-state index contributed by atoms with van der Waals surface area (Å²) >= 11 is 0. The fraction of sp³-hybridized carbons (Fsp3) is 0.722. The SMILES string of the molecule is CCn1ncc(N2CCCC(CC(=O)NCCC(C)C)C2)cc1=O. The van der Waals surface area contributed by atoms with Crippen molar-refractivity contribution >= 4 is 11.6 Å². The molecule has 134 valence electrons. The Bertz CT molecular complexity index is 597. The van der Waals surface area contributed by atoms with Crippen LogP contribution in [0.25, 0.3) is 0 Å². The lowest BCUT2D eigenvalue weighted by Crippen LogP contribution is -2.39. The number of piperidine rings is 1. The number of carbonyl (C=O) groups excluding carboxylic acids is 1. The van der Waals surface area contributed by atoms with Crippen LogP contribution in [0.2, 0.25) is 0 Å². The van der Waals surface area contributed by atoms with Gasteiger partial charge in [0, 0.05) is 38.7 Å². The fourth-order valence-corrected chi connectivity index (χ4v) is 3.14. The number of aryl methyl sites for hydroxylation is 1. The zero-order valence-electron chi connectivity index (χ0n) is 15.1. The number of nitrogens with one attached hydrogen (secondary N) is 1. The molecule has 1 aromatic rings. The molecule has 0 aliphatic carbocycles. The molecule has 6 heteroatoms. The highest BCUT2D eigenvalue weighted by Gasteiger charge is 2.23. The molecule has 1 N–H and O–H groups in total. The molecule has 24 heavy (non-hydrogen) atoms. The van der Waals surface area contributed by atoms with Crippen molar-refractivity contribution in [3.8, 4) is 0 Å². The number of nitrogens with zero attached hydrogens (tertiary/aromatic N) is 3. The molecule has 1 atom stereocenters. The first-order valence-corrected chi connectivity index (χ1v) is 9.08. The Labute approximate surface area is 144 Å². The molecule has 1 unspecified atom stereocenters. The second kappa shape index (κ2) is 8.85. The van der Waals surface area contributed by atoms with Crippen LogP contribution in [0, 0.1) is 11.8 Å². The number of anilines is 1. The Balaban J connectivity index is 1.88. The zero-order chi connectivity index (χ0) is 17.5. The molecule has 0 saturated carbocycles. The van der Waals surface area contributed by atoms with E-state index in [9.17, 15) is 9.59 Å². The summed E-state index contributed by atoms with van der Waals surface area (Å²) in [5, 5.41) is 7.22. The minimum atomic E-state index is -0.0662. The van der Waals surface area contributed by atoms with Crippen LogP contribution < -0.4 is 15.8 Å². The van der Waals surface area contributed by atoms with Gasteiger partial charge in [-0.25, -0.2) is 4.68 Å². The molecule has 1 aliphatic rings. The lowest BCUT2D eigenvalue weighted by molar-refractivity contribution is -0.122. The standard InChI is InChI=1S/C18H30N4O2/c1-4-22-18(24)11-16(12-20-22)21-9-5-6-15(13-21)10-17(23)19-8-7-14(2)3/h11-12,14-15H,4-10,13H2,1-3H3,(H,19,23). The Morgan fingerprint density at radius 1 is 1.46 bits per heavy atom. The Morgan fingerprint density at radius 3 is 2.92 bits per heavy atom. The van der Waals surface area contributed by atoms with Gasteiger partial charge in [0.25, 0.3) is 5.56 Å². The molecule has 1 aliphatic heterocycles. The van der Waals surface area contributed by atoms with Crippen molar-refractivity contribution in [2.45, 2.75) is 53.0 Å². The van der Waals surface area contributed by atoms with E-state index in [4.69, 9.17) is 0 Å². The second-order valence-corrected chi connectivity index (χ2v) is 7.06. The molecule has 1 aromatic heterocycles. The highest BCUT2D eigenvalue weighted by atomic mass is 16.1. The lowest BCUT2D eigenvalue weighted by Gasteiger charge is -2.34. The van der Waals surface area contributed by atoms with Gasteiger partial charge in [0.2, 0.25) is 5.91 Å². The largest absolute Gasteiger partial charge is 0.370 e. The summed E-state index contributed by atoms with van der Waals surface area (Å²) < 4.78 is 1.45. The summed E-state index contributed by atoms with van der Waals surface area (Å²) in [7, 11) is 0. The average Bonchev–Trinajstić information content (AvgIpc) is 2.54. The maximum atomic E-state index is 12.1. The van der Waals surface area contributed by atoms with Crippen LogP contribution in [-0.2, 0) is 11.3 Å². The summed E-state index contributed by atoms with van der Waals surface area (Å²) in [4.78, 5) is 26.2. The second-order valence-electron chi connectivity index (χ2n) is 7.06. The highest BCUT2D eigenvalue weighted by molar-refractivity contribution is 5.76. The Hall–Kier alpha value is -1.85. The van der Waals surface area contributed by atoms with Crippen LogP contribution in [0.5, 0.6) is 0 Å². The van der Waals surface area contributed by atoms with Crippen molar-refractivity contribution in [1.29, 1.82) is 0 Å². The number of hydrogen-bond donors (Lipinski definition) is 1. The third-order valence-electron chi connectivity index (χ3n) is 4.56. The molecule has 0 bridgehead atoms.